The van der Waals surface area contributed by atoms with Gasteiger partial charge in [-0.3, -0.25) is 4.90 Å². The maximum Gasteiger partial charge on any atom is 0.240 e. The van der Waals surface area contributed by atoms with Gasteiger partial charge in [0, 0.05) is 24.4 Å². The van der Waals surface area contributed by atoms with Crippen molar-refractivity contribution in [3.05, 3.63) is 66.1 Å². The molecule has 3 aromatic rings. The fraction of sp³-hybridized carbons (Fsp3) is 0.368. The summed E-state index contributed by atoms with van der Waals surface area (Å²) in [6, 6.07) is 7.81. The van der Waals surface area contributed by atoms with Crippen molar-refractivity contribution < 1.29 is 13.7 Å². The molecule has 0 radical (unpaired) electrons. The molecule has 1 saturated heterocycles. The van der Waals surface area contributed by atoms with Crippen LogP contribution in [0.3, 0.4) is 0 Å². The minimum Gasteiger partial charge on any atom is -0.485 e. The number of nitrogens with zero attached hydrogens (tertiary/aromatic N) is 5. The van der Waals surface area contributed by atoms with Crippen LogP contribution in [0, 0.1) is 5.82 Å². The predicted octanol–water partition coefficient (Wildman–Crippen LogP) is 2.96. The first-order chi connectivity index (χ1) is 13.3. The van der Waals surface area contributed by atoms with Gasteiger partial charge in [0.2, 0.25) is 11.7 Å². The first-order valence-electron chi connectivity index (χ1n) is 8.94. The van der Waals surface area contributed by atoms with Crippen LogP contribution in [0.1, 0.15) is 36.2 Å². The number of ether oxygens (including phenoxy) is 1. The van der Waals surface area contributed by atoms with E-state index < -0.39 is 0 Å². The second-order valence-corrected chi connectivity index (χ2v) is 6.56. The van der Waals surface area contributed by atoms with Crippen LogP contribution in [0.15, 0.2) is 47.4 Å². The van der Waals surface area contributed by atoms with Crippen molar-refractivity contribution in [1.29, 1.82) is 0 Å². The van der Waals surface area contributed by atoms with E-state index in [1.54, 1.807) is 24.7 Å². The van der Waals surface area contributed by atoms with Crippen molar-refractivity contribution in [3.8, 4) is 5.75 Å². The second-order valence-electron chi connectivity index (χ2n) is 6.56. The highest BCUT2D eigenvalue weighted by Crippen LogP contribution is 2.25. The summed E-state index contributed by atoms with van der Waals surface area (Å²) in [5.41, 5.74) is 1.08. The number of aromatic nitrogens is 4. The molecule has 0 amide bonds. The Balaban J connectivity index is 1.31. The smallest absolute Gasteiger partial charge is 0.240 e. The Bertz CT molecular complexity index is 856. The fourth-order valence-electron chi connectivity index (χ4n) is 3.27. The van der Waals surface area contributed by atoms with Crippen LogP contribution in [-0.4, -0.2) is 38.1 Å². The molecule has 3 heterocycles. The van der Waals surface area contributed by atoms with Crippen molar-refractivity contribution in [2.45, 2.75) is 31.9 Å². The van der Waals surface area contributed by atoms with Gasteiger partial charge < -0.3 is 9.26 Å². The van der Waals surface area contributed by atoms with Crippen LogP contribution in [0.2, 0.25) is 0 Å². The summed E-state index contributed by atoms with van der Waals surface area (Å²) in [7, 11) is 0. The lowest BCUT2D eigenvalue weighted by molar-refractivity contribution is 0.175. The normalized spacial score (nSPS) is 17.7. The molecule has 1 aliphatic rings. The van der Waals surface area contributed by atoms with E-state index in [-0.39, 0.29) is 12.4 Å². The van der Waals surface area contributed by atoms with Crippen LogP contribution in [0.5, 0.6) is 5.75 Å². The average molecular weight is 369 g/mol. The van der Waals surface area contributed by atoms with Crippen molar-refractivity contribution in [3.63, 3.8) is 0 Å². The zero-order valence-electron chi connectivity index (χ0n) is 14.8. The zero-order chi connectivity index (χ0) is 18.5. The minimum atomic E-state index is -0.300. The first kappa shape index (κ1) is 17.5. The maximum absolute atomic E-state index is 12.9. The van der Waals surface area contributed by atoms with Gasteiger partial charge in [-0.15, -0.1) is 0 Å². The minimum absolute atomic E-state index is 0.179. The van der Waals surface area contributed by atoms with Crippen LogP contribution in [0.25, 0.3) is 0 Å². The number of rotatable bonds is 6. The third kappa shape index (κ3) is 4.65. The highest BCUT2D eigenvalue weighted by Gasteiger charge is 2.23. The van der Waals surface area contributed by atoms with E-state index in [0.29, 0.717) is 29.9 Å². The monoisotopic (exact) mass is 369 g/mol. The number of halogens is 1. The van der Waals surface area contributed by atoms with E-state index >= 15 is 0 Å². The fourth-order valence-corrected chi connectivity index (χ4v) is 3.27. The Labute approximate surface area is 156 Å². The molecule has 1 fully saturated rings. The van der Waals surface area contributed by atoms with Crippen LogP contribution in [-0.2, 0) is 13.2 Å². The Morgan fingerprint density at radius 1 is 1.22 bits per heavy atom. The molecule has 27 heavy (non-hydrogen) atoms. The summed E-state index contributed by atoms with van der Waals surface area (Å²) in [5.74, 6) is 1.69. The Morgan fingerprint density at radius 3 is 2.93 bits per heavy atom. The second kappa shape index (κ2) is 8.22. The Morgan fingerprint density at radius 2 is 2.11 bits per heavy atom. The topological polar surface area (TPSA) is 77.2 Å². The van der Waals surface area contributed by atoms with Gasteiger partial charge in [-0.05, 0) is 49.7 Å². The first-order valence-corrected chi connectivity index (χ1v) is 8.94. The van der Waals surface area contributed by atoms with Gasteiger partial charge in [0.15, 0.2) is 6.61 Å². The molecular formula is C19H20FN5O2. The van der Waals surface area contributed by atoms with E-state index in [1.165, 1.54) is 12.1 Å². The van der Waals surface area contributed by atoms with Gasteiger partial charge in [-0.1, -0.05) is 5.16 Å². The summed E-state index contributed by atoms with van der Waals surface area (Å²) in [6.07, 6.45) is 5.60. The number of benzene rings is 1. The predicted molar refractivity (Wildman–Crippen MR) is 94.3 cm³/mol. The quantitative estimate of drug-likeness (QED) is 0.661. The average Bonchev–Trinajstić information content (AvgIpc) is 3.16. The lowest BCUT2D eigenvalue weighted by atomic mass is 9.94. The van der Waals surface area contributed by atoms with E-state index in [4.69, 9.17) is 9.26 Å². The summed E-state index contributed by atoms with van der Waals surface area (Å²) >= 11 is 0. The number of likely N-dealkylation sites (tertiary alicyclic amines) is 1. The molecule has 1 atom stereocenters. The Kier molecular flexibility index (Phi) is 5.34. The van der Waals surface area contributed by atoms with Gasteiger partial charge in [-0.25, -0.2) is 14.4 Å². The van der Waals surface area contributed by atoms with Crippen molar-refractivity contribution in [2.75, 3.05) is 13.1 Å². The van der Waals surface area contributed by atoms with Crippen LogP contribution < -0.4 is 4.74 Å². The van der Waals surface area contributed by atoms with Gasteiger partial charge in [0.25, 0.3) is 0 Å². The molecule has 0 aliphatic carbocycles. The molecule has 1 unspecified atom stereocenters. The molecule has 1 aromatic carbocycles. The number of piperidine rings is 1. The third-order valence-electron chi connectivity index (χ3n) is 4.58. The molecule has 0 N–H and O–H groups in total. The van der Waals surface area contributed by atoms with E-state index in [0.717, 1.165) is 31.6 Å². The van der Waals surface area contributed by atoms with Gasteiger partial charge >= 0.3 is 0 Å². The molecule has 1 aliphatic heterocycles. The molecular weight excluding hydrogens is 349 g/mol. The molecule has 140 valence electrons. The number of hydrogen-bond acceptors (Lipinski definition) is 7. The lowest BCUT2D eigenvalue weighted by Gasteiger charge is -2.31. The number of hydrogen-bond donors (Lipinski definition) is 0. The SMILES string of the molecule is Fc1ccc(OCc2noc(CN3CCCC(c4ccncn4)C3)n2)cc1. The molecule has 2 aromatic heterocycles. The third-order valence-corrected chi connectivity index (χ3v) is 4.58. The Hall–Kier alpha value is -2.87. The summed E-state index contributed by atoms with van der Waals surface area (Å²) < 4.78 is 23.8. The van der Waals surface area contributed by atoms with E-state index in [1.807, 2.05) is 6.07 Å². The van der Waals surface area contributed by atoms with Gasteiger partial charge in [-0.2, -0.15) is 4.98 Å². The van der Waals surface area contributed by atoms with Crippen LogP contribution >= 0.6 is 0 Å². The van der Waals surface area contributed by atoms with Gasteiger partial charge in [0.05, 0.1) is 6.54 Å². The molecule has 0 saturated carbocycles. The summed E-state index contributed by atoms with van der Waals surface area (Å²) in [4.78, 5) is 15.1. The molecule has 4 rings (SSSR count). The standard InChI is InChI=1S/C19H20FN5O2/c20-15-3-5-16(6-4-15)26-12-18-23-19(27-24-18)11-25-9-1-2-14(10-25)17-7-8-21-13-22-17/h3-8,13-14H,1-2,9-12H2. The lowest BCUT2D eigenvalue weighted by Crippen LogP contribution is -2.34. The molecule has 0 spiro atoms. The highest BCUT2D eigenvalue weighted by atomic mass is 19.1. The molecule has 7 nitrogen and oxygen atoms in total. The summed E-state index contributed by atoms with van der Waals surface area (Å²) in [6.45, 7) is 2.68. The maximum atomic E-state index is 12.9. The van der Waals surface area contributed by atoms with Crippen molar-refractivity contribution in [1.82, 2.24) is 25.0 Å². The molecule has 8 heteroatoms. The van der Waals surface area contributed by atoms with Crippen LogP contribution in [0.4, 0.5) is 4.39 Å². The van der Waals surface area contributed by atoms with Crippen molar-refractivity contribution >= 4 is 0 Å². The zero-order valence-corrected chi connectivity index (χ0v) is 14.8. The van der Waals surface area contributed by atoms with Gasteiger partial charge in [0.1, 0.15) is 17.9 Å². The largest absolute Gasteiger partial charge is 0.485 e. The van der Waals surface area contributed by atoms with Crippen molar-refractivity contribution in [2.24, 2.45) is 0 Å². The highest BCUT2D eigenvalue weighted by molar-refractivity contribution is 5.22. The van der Waals surface area contributed by atoms with E-state index in [2.05, 4.69) is 25.0 Å². The molecule has 0 bridgehead atoms. The van der Waals surface area contributed by atoms with E-state index in [9.17, 15) is 4.39 Å². The summed E-state index contributed by atoms with van der Waals surface area (Å²) in [5, 5.41) is 3.96.